The molecule has 1 aliphatic heterocycles. The fraction of sp³-hybridized carbons (Fsp3) is 0.0588. The predicted octanol–water partition coefficient (Wildman–Crippen LogP) is 2.94. The summed E-state index contributed by atoms with van der Waals surface area (Å²) in [4.78, 5) is 5.83. The highest BCUT2D eigenvalue weighted by Gasteiger charge is 2.15. The highest BCUT2D eigenvalue weighted by molar-refractivity contribution is 5.45. The fourth-order valence-corrected chi connectivity index (χ4v) is 2.04. The molecule has 0 saturated heterocycles. The second-order valence-electron chi connectivity index (χ2n) is 4.83. The number of hydroxylamine groups is 2. The van der Waals surface area contributed by atoms with Gasteiger partial charge in [-0.25, -0.2) is 0 Å². The average molecular weight is 295 g/mol. The first-order valence-electron chi connectivity index (χ1n) is 6.92. The van der Waals surface area contributed by atoms with Crippen molar-refractivity contribution in [3.63, 3.8) is 0 Å². The van der Waals surface area contributed by atoms with Gasteiger partial charge >= 0.3 is 0 Å². The Morgan fingerprint density at radius 2 is 1.59 bits per heavy atom. The number of ether oxygens (including phenoxy) is 1. The van der Waals surface area contributed by atoms with Crippen LogP contribution in [-0.4, -0.2) is 11.6 Å². The number of nitrogens with two attached hydrogens (primary N) is 2. The maximum Gasteiger partial charge on any atom is 0.229 e. The van der Waals surface area contributed by atoms with E-state index in [0.717, 1.165) is 0 Å². The van der Waals surface area contributed by atoms with Crippen molar-refractivity contribution in [3.8, 4) is 11.5 Å². The van der Waals surface area contributed by atoms with Gasteiger partial charge in [0.15, 0.2) is 5.75 Å². The molecule has 4 N–H and O–H groups in total. The van der Waals surface area contributed by atoms with Crippen LogP contribution in [0.1, 0.15) is 0 Å². The summed E-state index contributed by atoms with van der Waals surface area (Å²) in [6.07, 6.45) is 5.72. The van der Waals surface area contributed by atoms with Crippen LogP contribution in [0.4, 0.5) is 11.4 Å². The second-order valence-corrected chi connectivity index (χ2v) is 4.83. The molecule has 0 aliphatic carbocycles. The normalized spacial score (nSPS) is 13.6. The van der Waals surface area contributed by atoms with Gasteiger partial charge in [-0.2, -0.15) is 5.06 Å². The van der Waals surface area contributed by atoms with Crippen LogP contribution in [0.25, 0.3) is 0 Å². The van der Waals surface area contributed by atoms with Gasteiger partial charge in [0, 0.05) is 29.6 Å². The Morgan fingerprint density at radius 1 is 0.909 bits per heavy atom. The molecule has 0 spiro atoms. The van der Waals surface area contributed by atoms with Crippen LogP contribution in [0.3, 0.4) is 0 Å². The minimum Gasteiger partial charge on any atom is -0.438 e. The van der Waals surface area contributed by atoms with Gasteiger partial charge in [-0.05, 0) is 24.3 Å². The molecule has 0 aromatic heterocycles. The average Bonchev–Trinajstić information content (AvgIpc) is 2.49. The van der Waals surface area contributed by atoms with E-state index < -0.39 is 0 Å². The summed E-state index contributed by atoms with van der Waals surface area (Å²) in [6, 6.07) is 14.5. The number of hydrogen-bond donors (Lipinski definition) is 2. The Labute approximate surface area is 129 Å². The quantitative estimate of drug-likeness (QED) is 0.848. The fourth-order valence-electron chi connectivity index (χ4n) is 2.04. The summed E-state index contributed by atoms with van der Waals surface area (Å²) in [6.45, 7) is 0.572. The predicted molar refractivity (Wildman–Crippen MR) is 86.9 cm³/mol. The summed E-state index contributed by atoms with van der Waals surface area (Å²) in [7, 11) is 0. The summed E-state index contributed by atoms with van der Waals surface area (Å²) in [5, 5.41) is 1.65. The van der Waals surface area contributed by atoms with E-state index in [1.807, 2.05) is 54.6 Å². The Kier molecular flexibility index (Phi) is 3.87. The van der Waals surface area contributed by atoms with E-state index in [1.165, 1.54) is 0 Å². The molecule has 2 aromatic carbocycles. The lowest BCUT2D eigenvalue weighted by Gasteiger charge is -2.27. The molecule has 0 unspecified atom stereocenters. The Hall–Kier alpha value is -3.08. The highest BCUT2D eigenvalue weighted by atomic mass is 16.7. The molecule has 2 aromatic rings. The topological polar surface area (TPSA) is 73.7 Å². The van der Waals surface area contributed by atoms with Crippen LogP contribution < -0.4 is 21.0 Å². The molecule has 5 nitrogen and oxygen atoms in total. The molecular weight excluding hydrogens is 278 g/mol. The van der Waals surface area contributed by atoms with Gasteiger partial charge in [-0.15, -0.1) is 0 Å². The Balaban J connectivity index is 1.76. The van der Waals surface area contributed by atoms with Gasteiger partial charge in [-0.3, -0.25) is 0 Å². The smallest absolute Gasteiger partial charge is 0.229 e. The standard InChI is InChI=1S/C17H17N3O2/c18-13-5-3-7-15(11-13)21-17-9-1-2-10-20(17)22-16-8-4-6-14(19)12-16/h1-9,11-12H,10,18-19H2. The molecule has 3 rings (SSSR count). The number of allylic oxidation sites excluding steroid dienone is 2. The van der Waals surface area contributed by atoms with E-state index in [-0.39, 0.29) is 0 Å². The number of nitrogen functional groups attached to an aromatic ring is 2. The van der Waals surface area contributed by atoms with E-state index in [1.54, 1.807) is 17.2 Å². The SMILES string of the molecule is Nc1cccc(OC2=CC=CCN2Oc2cccc(N)c2)c1. The van der Waals surface area contributed by atoms with Crippen molar-refractivity contribution in [3.05, 3.63) is 72.6 Å². The summed E-state index contributed by atoms with van der Waals surface area (Å²) >= 11 is 0. The lowest BCUT2D eigenvalue weighted by Crippen LogP contribution is -2.31. The number of nitrogens with zero attached hydrogens (tertiary/aromatic N) is 1. The van der Waals surface area contributed by atoms with Crippen molar-refractivity contribution in [2.24, 2.45) is 0 Å². The molecule has 0 fully saturated rings. The minimum atomic E-state index is 0.572. The Bertz CT molecular complexity index is 725. The van der Waals surface area contributed by atoms with Crippen LogP contribution in [0.5, 0.6) is 11.5 Å². The van der Waals surface area contributed by atoms with Crippen molar-refractivity contribution >= 4 is 11.4 Å². The minimum absolute atomic E-state index is 0.572. The van der Waals surface area contributed by atoms with E-state index in [4.69, 9.17) is 21.0 Å². The van der Waals surface area contributed by atoms with E-state index >= 15 is 0 Å². The summed E-state index contributed by atoms with van der Waals surface area (Å²) in [5.74, 6) is 1.88. The van der Waals surface area contributed by atoms with Gasteiger partial charge in [0.25, 0.3) is 0 Å². The lowest BCUT2D eigenvalue weighted by atomic mass is 10.3. The molecule has 0 saturated carbocycles. The van der Waals surface area contributed by atoms with Crippen molar-refractivity contribution in [1.82, 2.24) is 5.06 Å². The van der Waals surface area contributed by atoms with Crippen LogP contribution >= 0.6 is 0 Å². The Morgan fingerprint density at radius 3 is 2.32 bits per heavy atom. The molecule has 1 aliphatic rings. The molecule has 0 bridgehead atoms. The van der Waals surface area contributed by atoms with Crippen LogP contribution in [0.2, 0.25) is 0 Å². The number of benzene rings is 2. The third-order valence-corrected chi connectivity index (χ3v) is 3.05. The van der Waals surface area contributed by atoms with Gasteiger partial charge < -0.3 is 21.0 Å². The highest BCUT2D eigenvalue weighted by Crippen LogP contribution is 2.23. The third kappa shape index (κ3) is 3.32. The van der Waals surface area contributed by atoms with Crippen molar-refractivity contribution in [2.75, 3.05) is 18.0 Å². The van der Waals surface area contributed by atoms with Crippen molar-refractivity contribution in [2.45, 2.75) is 0 Å². The molecule has 0 atom stereocenters. The van der Waals surface area contributed by atoms with Gasteiger partial charge in [0.05, 0.1) is 6.54 Å². The summed E-state index contributed by atoms with van der Waals surface area (Å²) in [5.41, 5.74) is 12.8. The van der Waals surface area contributed by atoms with Gasteiger partial charge in [-0.1, -0.05) is 24.3 Å². The zero-order chi connectivity index (χ0) is 15.4. The zero-order valence-corrected chi connectivity index (χ0v) is 12.0. The van der Waals surface area contributed by atoms with Crippen LogP contribution in [0.15, 0.2) is 72.6 Å². The summed E-state index contributed by atoms with van der Waals surface area (Å²) < 4.78 is 5.85. The molecular formula is C17H17N3O2. The maximum atomic E-state index is 5.85. The largest absolute Gasteiger partial charge is 0.438 e. The van der Waals surface area contributed by atoms with Crippen molar-refractivity contribution < 1.29 is 9.57 Å². The molecule has 5 heteroatoms. The second kappa shape index (κ2) is 6.13. The number of anilines is 2. The van der Waals surface area contributed by atoms with Gasteiger partial charge in [0.1, 0.15) is 5.75 Å². The first-order valence-corrected chi connectivity index (χ1v) is 6.92. The molecule has 0 radical (unpaired) electrons. The third-order valence-electron chi connectivity index (χ3n) is 3.05. The van der Waals surface area contributed by atoms with Crippen LogP contribution in [0, 0.1) is 0 Å². The van der Waals surface area contributed by atoms with E-state index in [9.17, 15) is 0 Å². The number of hydrogen-bond acceptors (Lipinski definition) is 5. The van der Waals surface area contributed by atoms with E-state index in [0.29, 0.717) is 35.3 Å². The van der Waals surface area contributed by atoms with E-state index in [2.05, 4.69) is 0 Å². The monoisotopic (exact) mass is 295 g/mol. The maximum absolute atomic E-state index is 5.85. The van der Waals surface area contributed by atoms with Crippen LogP contribution in [-0.2, 0) is 0 Å². The molecule has 0 amide bonds. The van der Waals surface area contributed by atoms with Gasteiger partial charge in [0.2, 0.25) is 5.88 Å². The molecule has 112 valence electrons. The zero-order valence-electron chi connectivity index (χ0n) is 12.0. The molecule has 22 heavy (non-hydrogen) atoms. The van der Waals surface area contributed by atoms with Crippen molar-refractivity contribution in [1.29, 1.82) is 0 Å². The first-order chi connectivity index (χ1) is 10.7. The lowest BCUT2D eigenvalue weighted by molar-refractivity contribution is -0.0481. The first kappa shape index (κ1) is 13.9. The number of rotatable bonds is 4. The molecule has 1 heterocycles.